The van der Waals surface area contributed by atoms with Gasteiger partial charge in [0.15, 0.2) is 11.5 Å². The van der Waals surface area contributed by atoms with Gasteiger partial charge in [-0.25, -0.2) is 8.42 Å². The van der Waals surface area contributed by atoms with Crippen LogP contribution in [0.4, 0.5) is 5.69 Å². The van der Waals surface area contributed by atoms with E-state index in [0.29, 0.717) is 68.4 Å². The van der Waals surface area contributed by atoms with Crippen molar-refractivity contribution >= 4 is 50.8 Å². The molecule has 0 aromatic heterocycles. The molecular formula is C37H45Cl2N3O9S. The fourth-order valence-corrected chi connectivity index (χ4v) is 9.70. The number of halogens is 2. The van der Waals surface area contributed by atoms with Crippen molar-refractivity contribution in [1.29, 1.82) is 0 Å². The van der Waals surface area contributed by atoms with E-state index in [-0.39, 0.29) is 40.0 Å². The van der Waals surface area contributed by atoms with Crippen molar-refractivity contribution in [3.63, 3.8) is 0 Å². The van der Waals surface area contributed by atoms with Gasteiger partial charge in [-0.2, -0.15) is 4.31 Å². The predicted octanol–water partition coefficient (Wildman–Crippen LogP) is 6.09. The highest BCUT2D eigenvalue weighted by molar-refractivity contribution is 7.89. The summed E-state index contributed by atoms with van der Waals surface area (Å²) in [6.07, 6.45) is 1.68. The maximum absolute atomic E-state index is 14.7. The fraction of sp³-hybridized carbons (Fsp3) is 0.459. The number of anilines is 1. The molecule has 52 heavy (non-hydrogen) atoms. The lowest BCUT2D eigenvalue weighted by molar-refractivity contribution is -0.152. The molecule has 3 aromatic rings. The molecule has 5 rings (SSSR count). The van der Waals surface area contributed by atoms with Crippen LogP contribution < -0.4 is 19.5 Å². The minimum absolute atomic E-state index is 0.0417. The first kappa shape index (κ1) is 39.6. The van der Waals surface area contributed by atoms with Crippen molar-refractivity contribution < 1.29 is 42.1 Å². The Kier molecular flexibility index (Phi) is 13.3. The zero-order chi connectivity index (χ0) is 37.5. The van der Waals surface area contributed by atoms with Gasteiger partial charge in [0.25, 0.3) is 0 Å². The SMILES string of the molecule is COc1ccc(CC[C@H](c2cccc(OCCN3CCOCC3)c2)[C@]2(C(=O)O)CCCCN2S(=O)(=O)c2cc(Cl)c(NC(C)=O)c(Cl)c2)cc1OC. The molecule has 2 aliphatic heterocycles. The number of carboxylic acids is 1. The van der Waals surface area contributed by atoms with Gasteiger partial charge in [-0.1, -0.05) is 41.4 Å². The fourth-order valence-electron chi connectivity index (χ4n) is 7.11. The summed E-state index contributed by atoms with van der Waals surface area (Å²) in [6.45, 7) is 5.34. The molecule has 0 saturated carbocycles. The topological polar surface area (TPSA) is 144 Å². The van der Waals surface area contributed by atoms with Crippen LogP contribution in [0.5, 0.6) is 17.2 Å². The number of sulfonamides is 1. The summed E-state index contributed by atoms with van der Waals surface area (Å²) in [5, 5.41) is 13.6. The Balaban J connectivity index is 1.56. The van der Waals surface area contributed by atoms with Crippen LogP contribution in [-0.2, 0) is 30.8 Å². The van der Waals surface area contributed by atoms with Crippen molar-refractivity contribution in [2.45, 2.75) is 55.4 Å². The van der Waals surface area contributed by atoms with Gasteiger partial charge in [0.05, 0.1) is 48.1 Å². The van der Waals surface area contributed by atoms with E-state index in [1.54, 1.807) is 26.4 Å². The Bertz CT molecular complexity index is 1830. The summed E-state index contributed by atoms with van der Waals surface area (Å²) in [7, 11) is -1.42. The van der Waals surface area contributed by atoms with E-state index in [1.165, 1.54) is 19.1 Å². The molecule has 2 atom stereocenters. The Hall–Kier alpha value is -3.59. The van der Waals surface area contributed by atoms with E-state index >= 15 is 0 Å². The number of benzene rings is 3. The van der Waals surface area contributed by atoms with Crippen LogP contribution >= 0.6 is 23.2 Å². The third-order valence-electron chi connectivity index (χ3n) is 9.68. The van der Waals surface area contributed by atoms with Crippen LogP contribution in [0.15, 0.2) is 59.5 Å². The number of rotatable bonds is 15. The first-order valence-electron chi connectivity index (χ1n) is 17.2. The summed E-state index contributed by atoms with van der Waals surface area (Å²) >= 11 is 12.9. The molecule has 2 N–H and O–H groups in total. The van der Waals surface area contributed by atoms with E-state index in [9.17, 15) is 23.1 Å². The van der Waals surface area contributed by atoms with Crippen LogP contribution in [-0.4, -0.2) is 100 Å². The second-order valence-electron chi connectivity index (χ2n) is 12.9. The molecule has 0 unspecified atom stereocenters. The molecule has 282 valence electrons. The van der Waals surface area contributed by atoms with Crippen LogP contribution in [0, 0.1) is 0 Å². The summed E-state index contributed by atoms with van der Waals surface area (Å²) in [5.41, 5.74) is -0.337. The first-order valence-corrected chi connectivity index (χ1v) is 19.4. The molecule has 2 saturated heterocycles. The lowest BCUT2D eigenvalue weighted by atomic mass is 9.71. The third-order valence-corrected chi connectivity index (χ3v) is 12.2. The molecule has 3 aromatic carbocycles. The average Bonchev–Trinajstić information content (AvgIpc) is 3.13. The highest BCUT2D eigenvalue weighted by Gasteiger charge is 2.56. The van der Waals surface area contributed by atoms with Crippen LogP contribution in [0.25, 0.3) is 0 Å². The Morgan fingerprint density at radius 1 is 0.981 bits per heavy atom. The van der Waals surface area contributed by atoms with Gasteiger partial charge in [-0.3, -0.25) is 14.5 Å². The molecule has 15 heteroatoms. The van der Waals surface area contributed by atoms with Crippen molar-refractivity contribution in [3.05, 3.63) is 75.8 Å². The number of hydrogen-bond donors (Lipinski definition) is 2. The third kappa shape index (κ3) is 8.78. The van der Waals surface area contributed by atoms with Gasteiger partial charge in [0, 0.05) is 39.0 Å². The summed E-state index contributed by atoms with van der Waals surface area (Å²) in [4.78, 5) is 27.6. The van der Waals surface area contributed by atoms with Gasteiger partial charge < -0.3 is 29.4 Å². The molecule has 0 bridgehead atoms. The molecule has 1 amide bonds. The van der Waals surface area contributed by atoms with Gasteiger partial charge in [0.2, 0.25) is 15.9 Å². The van der Waals surface area contributed by atoms with E-state index in [2.05, 4.69) is 10.2 Å². The largest absolute Gasteiger partial charge is 0.493 e. The van der Waals surface area contributed by atoms with Crippen molar-refractivity contribution in [2.24, 2.45) is 0 Å². The minimum atomic E-state index is -4.51. The van der Waals surface area contributed by atoms with Crippen LogP contribution in [0.2, 0.25) is 10.0 Å². The van der Waals surface area contributed by atoms with Gasteiger partial charge in [-0.05, 0) is 79.6 Å². The second-order valence-corrected chi connectivity index (χ2v) is 15.5. The summed E-state index contributed by atoms with van der Waals surface area (Å²) < 4.78 is 53.0. The smallest absolute Gasteiger partial charge is 0.325 e. The highest BCUT2D eigenvalue weighted by Crippen LogP contribution is 2.47. The number of nitrogens with one attached hydrogen (secondary N) is 1. The zero-order valence-electron chi connectivity index (χ0n) is 29.5. The monoisotopic (exact) mass is 777 g/mol. The van der Waals surface area contributed by atoms with Crippen molar-refractivity contribution in [3.8, 4) is 17.2 Å². The van der Waals surface area contributed by atoms with E-state index in [4.69, 9.17) is 42.1 Å². The summed E-state index contributed by atoms with van der Waals surface area (Å²) in [6, 6.07) is 15.2. The lowest BCUT2D eigenvalue weighted by Gasteiger charge is -2.48. The molecule has 2 aliphatic rings. The van der Waals surface area contributed by atoms with Gasteiger partial charge in [0.1, 0.15) is 17.9 Å². The van der Waals surface area contributed by atoms with Crippen LogP contribution in [0.3, 0.4) is 0 Å². The van der Waals surface area contributed by atoms with Gasteiger partial charge >= 0.3 is 5.97 Å². The minimum Gasteiger partial charge on any atom is -0.493 e. The molecule has 12 nitrogen and oxygen atoms in total. The molecular weight excluding hydrogens is 733 g/mol. The highest BCUT2D eigenvalue weighted by atomic mass is 35.5. The van der Waals surface area contributed by atoms with Crippen LogP contribution in [0.1, 0.15) is 49.7 Å². The zero-order valence-corrected chi connectivity index (χ0v) is 31.9. The number of morpholine rings is 1. The van der Waals surface area contributed by atoms with E-state index in [1.807, 2.05) is 30.3 Å². The number of nitrogens with zero attached hydrogens (tertiary/aromatic N) is 2. The Labute approximate surface area is 314 Å². The lowest BCUT2D eigenvalue weighted by Crippen LogP contribution is -2.62. The number of carboxylic acid groups (broad SMARTS) is 1. The molecule has 2 fully saturated rings. The van der Waals surface area contributed by atoms with Crippen molar-refractivity contribution in [2.75, 3.05) is 65.5 Å². The Morgan fingerprint density at radius 2 is 1.69 bits per heavy atom. The van der Waals surface area contributed by atoms with Gasteiger partial charge in [-0.15, -0.1) is 0 Å². The quantitative estimate of drug-likeness (QED) is 0.186. The number of methoxy groups -OCH3 is 2. The standard InChI is InChI=1S/C37H45Cl2N3O9S/c1-25(43)40-35-31(38)23-29(24-32(35)39)52(46,47)42-14-5-4-13-37(42,36(44)45)30(11-9-26-10-12-33(48-2)34(21-26)49-3)27-7-6-8-28(22-27)51-20-17-41-15-18-50-19-16-41/h6-8,10,12,21-24,30H,4-5,9,11,13-20H2,1-3H3,(H,40,43)(H,44,45)/t30-,37+/m1/s1. The first-order chi connectivity index (χ1) is 24.9. The van der Waals surface area contributed by atoms with E-state index in [0.717, 1.165) is 23.0 Å². The number of carbonyl (C=O) groups is 2. The molecule has 0 radical (unpaired) electrons. The number of amides is 1. The predicted molar refractivity (Wildman–Crippen MR) is 199 cm³/mol. The maximum atomic E-state index is 14.7. The number of aliphatic carboxylic acids is 1. The maximum Gasteiger partial charge on any atom is 0.325 e. The average molecular weight is 779 g/mol. The molecule has 0 spiro atoms. The number of hydrogen-bond acceptors (Lipinski definition) is 9. The number of piperidine rings is 1. The van der Waals surface area contributed by atoms with Crippen molar-refractivity contribution in [1.82, 2.24) is 9.21 Å². The Morgan fingerprint density at radius 3 is 2.35 bits per heavy atom. The normalized spacial score (nSPS) is 19.1. The summed E-state index contributed by atoms with van der Waals surface area (Å²) in [5.74, 6) is -0.888. The number of ether oxygens (including phenoxy) is 4. The number of carbonyl (C=O) groups excluding carboxylic acids is 1. The number of aryl methyl sites for hydroxylation is 1. The van der Waals surface area contributed by atoms with E-state index < -0.39 is 33.4 Å². The second kappa shape index (κ2) is 17.5. The molecule has 2 heterocycles. The molecule has 0 aliphatic carbocycles.